The molecule has 3 atom stereocenters. The molecule has 12 nitrogen and oxygen atoms in total. The van der Waals surface area contributed by atoms with Crippen molar-refractivity contribution < 1.29 is 31.5 Å². The molecule has 0 bridgehead atoms. The minimum atomic E-state index is -4.29. The summed E-state index contributed by atoms with van der Waals surface area (Å²) in [6.45, 7) is 1.02. The Balaban J connectivity index is 1.30. The number of imidazole rings is 1. The van der Waals surface area contributed by atoms with Crippen LogP contribution in [0.15, 0.2) is 55.0 Å². The quantitative estimate of drug-likeness (QED) is 0.327. The van der Waals surface area contributed by atoms with Crippen LogP contribution in [0.2, 0.25) is 0 Å². The van der Waals surface area contributed by atoms with E-state index in [1.165, 1.54) is 40.5 Å². The molecule has 6 rings (SSSR count). The number of alkyl halides is 1. The fourth-order valence-corrected chi connectivity index (χ4v) is 6.10. The molecule has 0 saturated carbocycles. The molecule has 1 N–H and O–H groups in total. The van der Waals surface area contributed by atoms with E-state index in [2.05, 4.69) is 10.1 Å². The van der Waals surface area contributed by atoms with Gasteiger partial charge in [0.1, 0.15) is 35.2 Å². The van der Waals surface area contributed by atoms with Crippen molar-refractivity contribution in [2.75, 3.05) is 36.0 Å². The van der Waals surface area contributed by atoms with Crippen LogP contribution >= 0.6 is 0 Å². The predicted octanol–water partition coefficient (Wildman–Crippen LogP) is 2.78. The second kappa shape index (κ2) is 10.9. The van der Waals surface area contributed by atoms with Crippen LogP contribution in [0.1, 0.15) is 34.9 Å². The Bertz CT molecular complexity index is 1740. The van der Waals surface area contributed by atoms with Gasteiger partial charge in [0, 0.05) is 57.5 Å². The third-order valence-corrected chi connectivity index (χ3v) is 8.77. The van der Waals surface area contributed by atoms with Crippen molar-refractivity contribution in [1.29, 1.82) is 0 Å². The van der Waals surface area contributed by atoms with Gasteiger partial charge in [0.2, 0.25) is 0 Å². The van der Waals surface area contributed by atoms with Crippen LogP contribution < -0.4 is 18.7 Å². The van der Waals surface area contributed by atoms with E-state index < -0.39 is 34.1 Å². The zero-order valence-corrected chi connectivity index (χ0v) is 23.7. The lowest BCUT2D eigenvalue weighted by Crippen LogP contribution is -2.42. The highest BCUT2D eigenvalue weighted by molar-refractivity contribution is 7.91. The molecule has 1 aromatic carbocycles. The van der Waals surface area contributed by atoms with Gasteiger partial charge in [-0.15, -0.1) is 0 Å². The zero-order chi connectivity index (χ0) is 29.6. The monoisotopic (exact) mass is 601 g/mol. The van der Waals surface area contributed by atoms with Crippen LogP contribution in [-0.4, -0.2) is 72.6 Å². The fourth-order valence-electron chi connectivity index (χ4n) is 5.28. The molecule has 3 aromatic heterocycles. The smallest absolute Gasteiger partial charge is 0.327 e. The Morgan fingerprint density at radius 2 is 2.07 bits per heavy atom. The fraction of sp³-hybridized carbons (Fsp3) is 0.370. The van der Waals surface area contributed by atoms with E-state index in [1.807, 2.05) is 4.72 Å². The second-order valence-corrected chi connectivity index (χ2v) is 12.0. The summed E-state index contributed by atoms with van der Waals surface area (Å²) in [5.41, 5.74) is 1.37. The molecule has 1 amide bonds. The van der Waals surface area contributed by atoms with Gasteiger partial charge in [0.25, 0.3) is 5.91 Å². The molecule has 2 aliphatic heterocycles. The number of carbonyl (C=O) groups is 1. The molecule has 0 radical (unpaired) electrons. The van der Waals surface area contributed by atoms with Crippen molar-refractivity contribution >= 4 is 33.3 Å². The van der Waals surface area contributed by atoms with E-state index in [1.54, 1.807) is 42.5 Å². The third-order valence-electron chi connectivity index (χ3n) is 7.42. The third kappa shape index (κ3) is 5.36. The van der Waals surface area contributed by atoms with Gasteiger partial charge in [0.05, 0.1) is 31.1 Å². The van der Waals surface area contributed by atoms with Crippen molar-refractivity contribution in [2.24, 2.45) is 7.05 Å². The highest BCUT2D eigenvalue weighted by Gasteiger charge is 2.36. The van der Waals surface area contributed by atoms with Crippen LogP contribution in [0.5, 0.6) is 5.75 Å². The van der Waals surface area contributed by atoms with Crippen LogP contribution in [0.3, 0.4) is 0 Å². The number of halogens is 2. The lowest BCUT2D eigenvalue weighted by atomic mass is 10.0. The number of nitrogens with one attached hydrogen (secondary N) is 1. The number of anilines is 2. The van der Waals surface area contributed by atoms with E-state index in [-0.39, 0.29) is 30.6 Å². The maximum atomic E-state index is 14.9. The number of hydrogen-bond donors (Lipinski definition) is 1. The summed E-state index contributed by atoms with van der Waals surface area (Å²) in [6.07, 6.45) is 3.84. The second-order valence-electron chi connectivity index (χ2n) is 10.3. The van der Waals surface area contributed by atoms with Crippen molar-refractivity contribution in [1.82, 2.24) is 23.9 Å². The van der Waals surface area contributed by atoms with E-state index in [4.69, 9.17) is 9.47 Å². The Kier molecular flexibility index (Phi) is 7.22. The van der Waals surface area contributed by atoms with Gasteiger partial charge in [-0.2, -0.15) is 13.5 Å². The first-order chi connectivity index (χ1) is 20.1. The minimum absolute atomic E-state index is 0.0259. The van der Waals surface area contributed by atoms with E-state index in [9.17, 15) is 22.0 Å². The number of fused-ring (bicyclic) bond motifs is 1. The molecular weight excluding hydrogens is 572 g/mol. The average Bonchev–Trinajstić information content (AvgIpc) is 3.76. The normalized spacial score (nSPS) is 20.8. The highest BCUT2D eigenvalue weighted by atomic mass is 32.2. The first-order valence-corrected chi connectivity index (χ1v) is 14.8. The largest absolute Gasteiger partial charge is 0.488 e. The first kappa shape index (κ1) is 27.9. The SMILES string of the molecule is CN(c1ccn(C)n1)S(=O)(=O)NC(=O)c1cnc2ccc(N3C[C@@H](F)C[C@@H]3c3cc(F)ccc3O[C@@H]3CCOC3)cn12. The Morgan fingerprint density at radius 3 is 2.81 bits per heavy atom. The number of aryl methyl sites for hydroxylation is 1. The number of rotatable bonds is 8. The molecule has 0 unspecified atom stereocenters. The number of pyridine rings is 1. The Morgan fingerprint density at radius 1 is 1.24 bits per heavy atom. The topological polar surface area (TPSA) is 123 Å². The number of ether oxygens (including phenoxy) is 2. The molecule has 15 heteroatoms. The van der Waals surface area contributed by atoms with Crippen LogP contribution in [-0.2, 0) is 22.0 Å². The van der Waals surface area contributed by atoms with E-state index in [0.29, 0.717) is 42.3 Å². The number of hydrogen-bond acceptors (Lipinski definition) is 8. The van der Waals surface area contributed by atoms with Crippen LogP contribution in [0.25, 0.3) is 5.65 Å². The molecule has 222 valence electrons. The molecular formula is C27H29F2N7O5S. The average molecular weight is 602 g/mol. The summed E-state index contributed by atoms with van der Waals surface area (Å²) in [7, 11) is -1.38. The summed E-state index contributed by atoms with van der Waals surface area (Å²) in [5, 5.41) is 4.05. The van der Waals surface area contributed by atoms with Crippen molar-refractivity contribution in [3.05, 3.63) is 72.1 Å². The summed E-state index contributed by atoms with van der Waals surface area (Å²) < 4.78 is 72.5. The summed E-state index contributed by atoms with van der Waals surface area (Å²) >= 11 is 0. The van der Waals surface area contributed by atoms with Crippen molar-refractivity contribution in [3.8, 4) is 5.75 Å². The summed E-state index contributed by atoms with van der Waals surface area (Å²) in [6, 6.07) is 8.52. The van der Waals surface area contributed by atoms with Gasteiger partial charge in [-0.05, 0) is 30.3 Å². The molecule has 0 spiro atoms. The number of aromatic nitrogens is 4. The van der Waals surface area contributed by atoms with Crippen LogP contribution in [0, 0.1) is 5.82 Å². The first-order valence-electron chi connectivity index (χ1n) is 13.3. The number of benzene rings is 1. The number of amides is 1. The molecule has 2 aliphatic rings. The van der Waals surface area contributed by atoms with Gasteiger partial charge >= 0.3 is 10.2 Å². The maximum Gasteiger partial charge on any atom is 0.327 e. The summed E-state index contributed by atoms with van der Waals surface area (Å²) in [4.78, 5) is 19.2. The maximum absolute atomic E-state index is 14.9. The molecule has 2 fully saturated rings. The van der Waals surface area contributed by atoms with Gasteiger partial charge < -0.3 is 14.4 Å². The van der Waals surface area contributed by atoms with E-state index in [0.717, 1.165) is 4.31 Å². The minimum Gasteiger partial charge on any atom is -0.488 e. The van der Waals surface area contributed by atoms with Crippen LogP contribution in [0.4, 0.5) is 20.3 Å². The molecule has 5 heterocycles. The lowest BCUT2D eigenvalue weighted by Gasteiger charge is -2.29. The molecule has 0 aliphatic carbocycles. The van der Waals surface area contributed by atoms with Gasteiger partial charge in [0.15, 0.2) is 5.82 Å². The Labute approximate surface area is 240 Å². The lowest BCUT2D eigenvalue weighted by molar-refractivity contribution is 0.0975. The van der Waals surface area contributed by atoms with Crippen molar-refractivity contribution in [2.45, 2.75) is 31.2 Å². The number of nitrogens with zero attached hydrogens (tertiary/aromatic N) is 6. The molecule has 4 aromatic rings. The Hall–Kier alpha value is -4.24. The molecule has 42 heavy (non-hydrogen) atoms. The number of carbonyl (C=O) groups excluding carboxylic acids is 1. The highest BCUT2D eigenvalue weighted by Crippen LogP contribution is 2.42. The van der Waals surface area contributed by atoms with Gasteiger partial charge in [-0.25, -0.2) is 22.8 Å². The zero-order valence-electron chi connectivity index (χ0n) is 22.9. The standard InChI is InChI=1S/C27H29F2N7O5S/c1-33-9-7-26(31-33)34(2)42(38,39)32-27(37)23-13-30-25-6-4-19(15-36(23)25)35-14-18(29)12-22(35)21-11-17(28)3-5-24(21)41-20-8-10-40-16-20/h3-7,9,11,13,15,18,20,22H,8,10,12,14,16H2,1-2H3,(H,32,37)/t18-,20+,22+/m0/s1. The van der Waals surface area contributed by atoms with Crippen molar-refractivity contribution in [3.63, 3.8) is 0 Å². The van der Waals surface area contributed by atoms with E-state index >= 15 is 0 Å². The van der Waals surface area contributed by atoms with Gasteiger partial charge in [-0.3, -0.25) is 13.9 Å². The van der Waals surface area contributed by atoms with Gasteiger partial charge in [-0.1, -0.05) is 0 Å². The predicted molar refractivity (Wildman–Crippen MR) is 149 cm³/mol. The molecule has 2 saturated heterocycles. The summed E-state index contributed by atoms with van der Waals surface area (Å²) in [5.74, 6) is -0.797.